The number of hydrogen-bond acceptors (Lipinski definition) is 8. The van der Waals surface area contributed by atoms with Crippen molar-refractivity contribution in [3.8, 4) is 0 Å². The third-order valence-corrected chi connectivity index (χ3v) is 21.0. The molecule has 0 aliphatic carbocycles. The average molecular weight is 567 g/mol. The molecule has 0 nitrogen and oxygen atoms in total. The van der Waals surface area contributed by atoms with Gasteiger partial charge in [0.05, 0.1) is 0 Å². The Kier molecular flexibility index (Phi) is 6.56. The van der Waals surface area contributed by atoms with E-state index >= 15 is 0 Å². The van der Waals surface area contributed by atoms with E-state index in [1.54, 1.807) is 7.61 Å². The molecule has 0 amide bonds. The molecule has 0 unspecified atom stereocenters. The van der Waals surface area contributed by atoms with E-state index in [4.69, 9.17) is 0 Å². The summed E-state index contributed by atoms with van der Waals surface area (Å²) in [7, 11) is 0. The Morgan fingerprint density at radius 2 is 1.05 bits per heavy atom. The molecule has 0 fully saturated rings. The first-order valence-corrected chi connectivity index (χ1v) is 16.9. The number of rotatable bonds is 2. The molecule has 0 atom stereocenters. The summed E-state index contributed by atoms with van der Waals surface area (Å²) < 4.78 is 12.3. The second-order valence-corrected chi connectivity index (χ2v) is 18.5. The fraction of sp³-hybridized carbons (Fsp3) is 0.167. The zero-order valence-corrected chi connectivity index (χ0v) is 21.2. The van der Waals surface area contributed by atoms with E-state index in [0.717, 1.165) is 0 Å². The molecule has 22 heavy (non-hydrogen) atoms. The quantitative estimate of drug-likeness (QED) is 0.341. The molecule has 0 aromatic heterocycles. The van der Waals surface area contributed by atoms with E-state index in [-0.39, 0.29) is 0 Å². The van der Waals surface area contributed by atoms with Gasteiger partial charge >= 0.3 is 179 Å². The van der Waals surface area contributed by atoms with Crippen LogP contribution in [0.3, 0.4) is 0 Å². The van der Waals surface area contributed by atoms with Crippen molar-refractivity contribution in [1.29, 1.82) is 0 Å². The molecule has 0 saturated heterocycles. The molecule has 0 bridgehead atoms. The van der Waals surface area contributed by atoms with Gasteiger partial charge in [-0.05, 0) is 0 Å². The first-order chi connectivity index (χ1) is 10.8. The predicted molar refractivity (Wildman–Crippen MR) is 121 cm³/mol. The molecular formula is C12H8S8Se2. The van der Waals surface area contributed by atoms with Crippen LogP contribution in [-0.4, -0.2) is 42.4 Å². The maximum atomic E-state index is 2.39. The minimum atomic E-state index is 0.632. The third-order valence-electron chi connectivity index (χ3n) is 2.56. The Morgan fingerprint density at radius 3 is 1.50 bits per heavy atom. The van der Waals surface area contributed by atoms with Crippen molar-refractivity contribution in [2.75, 3.05) is 12.5 Å². The van der Waals surface area contributed by atoms with Crippen LogP contribution in [0.2, 0.25) is 0 Å². The Balaban J connectivity index is 1.47. The second kappa shape index (κ2) is 8.05. The van der Waals surface area contributed by atoms with Gasteiger partial charge in [-0.1, -0.05) is 0 Å². The van der Waals surface area contributed by atoms with Crippen LogP contribution >= 0.6 is 94.1 Å². The van der Waals surface area contributed by atoms with Crippen molar-refractivity contribution in [2.24, 2.45) is 0 Å². The van der Waals surface area contributed by atoms with Gasteiger partial charge in [-0.15, -0.1) is 0 Å². The normalized spacial score (nSPS) is 24.6. The van der Waals surface area contributed by atoms with Crippen LogP contribution in [0.5, 0.6) is 0 Å². The number of hydrogen-bond donors (Lipinski definition) is 0. The van der Waals surface area contributed by atoms with Crippen LogP contribution in [0.1, 0.15) is 0 Å². The van der Waals surface area contributed by atoms with Crippen molar-refractivity contribution < 1.29 is 0 Å². The van der Waals surface area contributed by atoms with E-state index in [2.05, 4.69) is 22.5 Å². The van der Waals surface area contributed by atoms with Crippen molar-refractivity contribution in [3.05, 3.63) is 43.0 Å². The first kappa shape index (κ1) is 17.9. The third kappa shape index (κ3) is 3.65. The van der Waals surface area contributed by atoms with Gasteiger partial charge in [0.1, 0.15) is 0 Å². The fourth-order valence-corrected chi connectivity index (χ4v) is 19.3. The van der Waals surface area contributed by atoms with Crippen LogP contribution in [-0.2, 0) is 0 Å². The molecule has 0 saturated carbocycles. The molecule has 4 heterocycles. The van der Waals surface area contributed by atoms with Gasteiger partial charge in [0, 0.05) is 0 Å². The van der Waals surface area contributed by atoms with Gasteiger partial charge in [0.15, 0.2) is 0 Å². The summed E-state index contributed by atoms with van der Waals surface area (Å²) in [5.74, 6) is 0. The molecule has 0 N–H and O–H groups in total. The van der Waals surface area contributed by atoms with Crippen LogP contribution in [0.15, 0.2) is 43.0 Å². The van der Waals surface area contributed by atoms with Crippen LogP contribution in [0.25, 0.3) is 0 Å². The van der Waals surface area contributed by atoms with Gasteiger partial charge in [-0.25, -0.2) is 0 Å². The monoisotopic (exact) mass is 568 g/mol. The first-order valence-electron chi connectivity index (χ1n) is 5.89. The molecule has 4 aliphatic rings. The van der Waals surface area contributed by atoms with Crippen LogP contribution in [0, 0.1) is 0 Å². The molecule has 0 aromatic carbocycles. The zero-order valence-electron chi connectivity index (χ0n) is 11.2. The van der Waals surface area contributed by atoms with Gasteiger partial charge < -0.3 is 0 Å². The van der Waals surface area contributed by atoms with Gasteiger partial charge in [-0.2, -0.15) is 0 Å². The van der Waals surface area contributed by atoms with E-state index in [9.17, 15) is 0 Å². The van der Waals surface area contributed by atoms with Gasteiger partial charge in [0.2, 0.25) is 0 Å². The van der Waals surface area contributed by atoms with E-state index in [1.165, 1.54) is 25.4 Å². The average Bonchev–Trinajstić information content (AvgIpc) is 3.26. The summed E-state index contributed by atoms with van der Waals surface area (Å²) in [5.41, 5.74) is 0. The van der Waals surface area contributed by atoms with E-state index in [1.807, 2.05) is 94.1 Å². The van der Waals surface area contributed by atoms with Crippen molar-refractivity contribution >= 4 is 124 Å². The Bertz CT molecular complexity index is 637. The Labute approximate surface area is 177 Å². The molecule has 4 rings (SSSR count). The minimum absolute atomic E-state index is 0.632. The maximum absolute atomic E-state index is 2.39. The molecule has 116 valence electrons. The molecule has 4 aliphatic heterocycles. The summed E-state index contributed by atoms with van der Waals surface area (Å²) in [6.07, 6.45) is 4.37. The summed E-state index contributed by atoms with van der Waals surface area (Å²) >= 11 is 17.0. The van der Waals surface area contributed by atoms with E-state index < -0.39 is 0 Å². The number of thioether (sulfide) groups is 8. The predicted octanol–water partition coefficient (Wildman–Crippen LogP) is 6.55. The van der Waals surface area contributed by atoms with Crippen molar-refractivity contribution in [2.45, 2.75) is 0 Å². The van der Waals surface area contributed by atoms with Crippen molar-refractivity contribution in [1.82, 2.24) is 0 Å². The van der Waals surface area contributed by atoms with Gasteiger partial charge in [-0.3, -0.25) is 0 Å². The molecule has 0 radical (unpaired) electrons. The van der Waals surface area contributed by atoms with E-state index in [0.29, 0.717) is 29.9 Å². The fourth-order valence-electron chi connectivity index (χ4n) is 1.66. The van der Waals surface area contributed by atoms with Crippen LogP contribution < -0.4 is 0 Å². The standard InChI is InChI=1S/C12H8S8Se2/c1-13-5-6(14-2)16-7(15-5)8-17-9-10(18-8)20-11(19-9)12-21-3-4-22-12/h3-4H,1-2H3. The second-order valence-electron chi connectivity index (χ2n) is 3.83. The van der Waals surface area contributed by atoms with Crippen LogP contribution in [0.4, 0.5) is 0 Å². The summed E-state index contributed by atoms with van der Waals surface area (Å²) in [5, 5.41) is 0. The summed E-state index contributed by atoms with van der Waals surface area (Å²) in [4.78, 5) is 4.78. The molecule has 10 heteroatoms. The molecule has 0 aromatic rings. The van der Waals surface area contributed by atoms with Gasteiger partial charge in [0.25, 0.3) is 0 Å². The summed E-state index contributed by atoms with van der Waals surface area (Å²) in [6, 6.07) is 0. The Morgan fingerprint density at radius 1 is 0.636 bits per heavy atom. The summed E-state index contributed by atoms with van der Waals surface area (Å²) in [6.45, 7) is 0. The SMILES string of the molecule is CSC1=C(SC)SC(=C2SC3=C(S2)SC(=C2[Se]C=C[Se]2)S3)S1. The van der Waals surface area contributed by atoms with Crippen molar-refractivity contribution in [3.63, 3.8) is 0 Å². The Hall–Kier alpha value is 2.54. The topological polar surface area (TPSA) is 0 Å². The molecule has 0 spiro atoms. The zero-order chi connectivity index (χ0) is 15.1. The molecular weight excluding hydrogens is 559 g/mol.